The van der Waals surface area contributed by atoms with E-state index in [-0.39, 0.29) is 0 Å². The van der Waals surface area contributed by atoms with Crippen LogP contribution in [0, 0.1) is 6.92 Å². The third-order valence-electron chi connectivity index (χ3n) is 7.16. The summed E-state index contributed by atoms with van der Waals surface area (Å²) in [5.41, 5.74) is 5.88. The van der Waals surface area contributed by atoms with Crippen molar-refractivity contribution >= 4 is 17.9 Å². The lowest BCUT2D eigenvalue weighted by Crippen LogP contribution is -2.19. The quantitative estimate of drug-likeness (QED) is 0.306. The van der Waals surface area contributed by atoms with E-state index in [4.69, 9.17) is 4.74 Å². The highest BCUT2D eigenvalue weighted by molar-refractivity contribution is 5.91. The number of rotatable bonds is 7. The van der Waals surface area contributed by atoms with Gasteiger partial charge in [0.25, 0.3) is 0 Å². The van der Waals surface area contributed by atoms with Crippen molar-refractivity contribution in [2.75, 3.05) is 5.32 Å². The Hall–Kier alpha value is -4.39. The number of aromatic nitrogens is 2. The molecule has 1 aliphatic rings. The van der Waals surface area contributed by atoms with E-state index in [9.17, 15) is 14.7 Å². The Balaban J connectivity index is 1.34. The number of carbonyl (C=O) groups excluding carboxylic acids is 1. The molecule has 0 radical (unpaired) electrons. The molecule has 5 rings (SSSR count). The fourth-order valence-corrected chi connectivity index (χ4v) is 4.74. The average molecular weight is 496 g/mol. The number of nitrogens with zero attached hydrogens (tertiary/aromatic N) is 2. The van der Waals surface area contributed by atoms with Gasteiger partial charge in [-0.3, -0.25) is 14.8 Å². The first kappa shape index (κ1) is 24.3. The standard InChI is InChI=1S/C30H29N3O4/c1-19-17-23(22-9-12-24(13-10-22)30(15-16-30)28(34)35)11-14-25(19)26-18-31-33(3)27(26)32-29(36)37-20(2)21-7-5-4-6-8-21/h4-14,17-18,20H,15-16H2,1-3H3,(H,32,36)(H,34,35). The largest absolute Gasteiger partial charge is 0.481 e. The first-order valence-electron chi connectivity index (χ1n) is 12.3. The van der Waals surface area contributed by atoms with Crippen LogP contribution in [0.15, 0.2) is 79.0 Å². The lowest BCUT2D eigenvalue weighted by atomic mass is 9.92. The molecule has 1 fully saturated rings. The van der Waals surface area contributed by atoms with Gasteiger partial charge < -0.3 is 9.84 Å². The Labute approximate surface area is 215 Å². The molecule has 1 aromatic heterocycles. The van der Waals surface area contributed by atoms with Gasteiger partial charge >= 0.3 is 12.1 Å². The third-order valence-corrected chi connectivity index (χ3v) is 7.16. The van der Waals surface area contributed by atoms with Crippen molar-refractivity contribution in [1.29, 1.82) is 0 Å². The number of hydrogen-bond acceptors (Lipinski definition) is 4. The van der Waals surface area contributed by atoms with Crippen LogP contribution in [0.5, 0.6) is 0 Å². The summed E-state index contributed by atoms with van der Waals surface area (Å²) >= 11 is 0. The second kappa shape index (κ2) is 9.58. The van der Waals surface area contributed by atoms with Gasteiger partial charge in [-0.25, -0.2) is 4.79 Å². The normalized spacial score (nSPS) is 14.6. The number of aryl methyl sites for hydroxylation is 2. The molecule has 1 aliphatic carbocycles. The van der Waals surface area contributed by atoms with Gasteiger partial charge in [-0.1, -0.05) is 72.8 Å². The second-order valence-electron chi connectivity index (χ2n) is 9.61. The zero-order valence-electron chi connectivity index (χ0n) is 21.1. The van der Waals surface area contributed by atoms with Crippen LogP contribution in [0.2, 0.25) is 0 Å². The van der Waals surface area contributed by atoms with Crippen LogP contribution in [-0.4, -0.2) is 26.9 Å². The predicted octanol–water partition coefficient (Wildman–Crippen LogP) is 6.49. The van der Waals surface area contributed by atoms with Crippen LogP contribution in [0.1, 0.15) is 42.6 Å². The second-order valence-corrected chi connectivity index (χ2v) is 9.61. The molecule has 1 atom stereocenters. The molecular weight excluding hydrogens is 466 g/mol. The number of amides is 1. The van der Waals surface area contributed by atoms with Crippen LogP contribution in [0.4, 0.5) is 10.6 Å². The van der Waals surface area contributed by atoms with Gasteiger partial charge in [0.2, 0.25) is 0 Å². The Bertz CT molecular complexity index is 1450. The van der Waals surface area contributed by atoms with Crippen molar-refractivity contribution in [2.24, 2.45) is 7.05 Å². The van der Waals surface area contributed by atoms with E-state index in [1.54, 1.807) is 17.9 Å². The molecule has 2 N–H and O–H groups in total. The number of hydrogen-bond donors (Lipinski definition) is 2. The van der Waals surface area contributed by atoms with Crippen molar-refractivity contribution in [3.8, 4) is 22.3 Å². The summed E-state index contributed by atoms with van der Waals surface area (Å²) in [5, 5.41) is 16.8. The van der Waals surface area contributed by atoms with Crippen molar-refractivity contribution in [3.05, 3.63) is 95.7 Å². The number of carbonyl (C=O) groups is 2. The number of aliphatic carboxylic acids is 1. The van der Waals surface area contributed by atoms with Crippen LogP contribution in [0.25, 0.3) is 22.3 Å². The zero-order valence-corrected chi connectivity index (χ0v) is 21.1. The van der Waals surface area contributed by atoms with Crippen LogP contribution >= 0.6 is 0 Å². The molecule has 7 nitrogen and oxygen atoms in total. The predicted molar refractivity (Wildman–Crippen MR) is 142 cm³/mol. The van der Waals surface area contributed by atoms with Crippen molar-refractivity contribution in [1.82, 2.24) is 9.78 Å². The van der Waals surface area contributed by atoms with E-state index < -0.39 is 23.6 Å². The molecule has 4 aromatic rings. The average Bonchev–Trinajstić information content (AvgIpc) is 3.65. The van der Waals surface area contributed by atoms with E-state index >= 15 is 0 Å². The number of carboxylic acid groups (broad SMARTS) is 1. The molecule has 3 aromatic carbocycles. The van der Waals surface area contributed by atoms with Gasteiger partial charge in [-0.2, -0.15) is 5.10 Å². The zero-order chi connectivity index (χ0) is 26.2. The minimum atomic E-state index is -0.750. The minimum absolute atomic E-state index is 0.393. The molecule has 188 valence electrons. The Morgan fingerprint density at radius 3 is 2.30 bits per heavy atom. The summed E-state index contributed by atoms with van der Waals surface area (Å²) in [7, 11) is 1.77. The smallest absolute Gasteiger partial charge is 0.413 e. The maximum Gasteiger partial charge on any atom is 0.413 e. The Kier molecular flexibility index (Phi) is 6.29. The lowest BCUT2D eigenvalue weighted by Gasteiger charge is -2.16. The molecule has 1 heterocycles. The molecule has 0 bridgehead atoms. The van der Waals surface area contributed by atoms with E-state index in [0.717, 1.165) is 38.9 Å². The highest BCUT2D eigenvalue weighted by Gasteiger charge is 2.51. The third kappa shape index (κ3) is 4.72. The fourth-order valence-electron chi connectivity index (χ4n) is 4.74. The maximum atomic E-state index is 12.7. The van der Waals surface area contributed by atoms with Gasteiger partial charge in [0.1, 0.15) is 11.9 Å². The van der Waals surface area contributed by atoms with Crippen molar-refractivity contribution in [3.63, 3.8) is 0 Å². The van der Waals surface area contributed by atoms with Gasteiger partial charge in [-0.15, -0.1) is 0 Å². The topological polar surface area (TPSA) is 93.5 Å². The summed E-state index contributed by atoms with van der Waals surface area (Å²) < 4.78 is 7.20. The Morgan fingerprint density at radius 2 is 1.68 bits per heavy atom. The summed E-state index contributed by atoms with van der Waals surface area (Å²) in [6, 6.07) is 23.5. The molecule has 1 unspecified atom stereocenters. The molecule has 7 heteroatoms. The molecule has 0 aliphatic heterocycles. The molecular formula is C30H29N3O4. The van der Waals surface area contributed by atoms with Gasteiger partial charge in [0.05, 0.1) is 11.6 Å². The number of nitrogens with one attached hydrogen (secondary N) is 1. The minimum Gasteiger partial charge on any atom is -0.481 e. The SMILES string of the molecule is Cc1cc(-c2ccc(C3(C(=O)O)CC3)cc2)ccc1-c1cnn(C)c1NC(=O)OC(C)c1ccccc1. The maximum absolute atomic E-state index is 12.7. The number of ether oxygens (including phenoxy) is 1. The monoisotopic (exact) mass is 495 g/mol. The molecule has 0 saturated heterocycles. The molecule has 0 spiro atoms. The summed E-state index contributed by atoms with van der Waals surface area (Å²) in [4.78, 5) is 24.3. The van der Waals surface area contributed by atoms with E-state index in [0.29, 0.717) is 18.7 Å². The van der Waals surface area contributed by atoms with E-state index in [2.05, 4.69) is 16.5 Å². The molecule has 37 heavy (non-hydrogen) atoms. The molecule has 1 amide bonds. The van der Waals surface area contributed by atoms with Gasteiger partial charge in [0.15, 0.2) is 0 Å². The summed E-state index contributed by atoms with van der Waals surface area (Å²) in [6.45, 7) is 3.85. The first-order chi connectivity index (χ1) is 17.8. The van der Waals surface area contributed by atoms with Crippen LogP contribution in [-0.2, 0) is 22.0 Å². The fraction of sp³-hybridized carbons (Fsp3) is 0.233. The van der Waals surface area contributed by atoms with Gasteiger partial charge in [-0.05, 0) is 60.1 Å². The van der Waals surface area contributed by atoms with Gasteiger partial charge in [0, 0.05) is 12.6 Å². The summed E-state index contributed by atoms with van der Waals surface area (Å²) in [6.07, 6.45) is 2.17. The first-order valence-corrected chi connectivity index (χ1v) is 12.3. The van der Waals surface area contributed by atoms with Crippen molar-refractivity contribution in [2.45, 2.75) is 38.2 Å². The van der Waals surface area contributed by atoms with Crippen LogP contribution < -0.4 is 5.32 Å². The lowest BCUT2D eigenvalue weighted by molar-refractivity contribution is -0.140. The highest BCUT2D eigenvalue weighted by atomic mass is 16.6. The van der Waals surface area contributed by atoms with Crippen LogP contribution in [0.3, 0.4) is 0 Å². The summed E-state index contributed by atoms with van der Waals surface area (Å²) in [5.74, 6) is -0.200. The highest BCUT2D eigenvalue weighted by Crippen LogP contribution is 2.48. The van der Waals surface area contributed by atoms with E-state index in [1.807, 2.05) is 80.6 Å². The number of benzene rings is 3. The van der Waals surface area contributed by atoms with E-state index in [1.165, 1.54) is 0 Å². The van der Waals surface area contributed by atoms with Crippen molar-refractivity contribution < 1.29 is 19.4 Å². The Morgan fingerprint density at radius 1 is 1.00 bits per heavy atom. The molecule has 1 saturated carbocycles. The number of carboxylic acids is 1. The number of anilines is 1.